The van der Waals surface area contributed by atoms with Gasteiger partial charge in [0, 0.05) is 44.6 Å². The molecule has 128 valence electrons. The summed E-state index contributed by atoms with van der Waals surface area (Å²) in [6.45, 7) is 2.34. The van der Waals surface area contributed by atoms with E-state index in [2.05, 4.69) is 10.2 Å². The third kappa shape index (κ3) is 4.13. The van der Waals surface area contributed by atoms with Gasteiger partial charge in [0.2, 0.25) is 5.91 Å². The van der Waals surface area contributed by atoms with Gasteiger partial charge < -0.3 is 10.2 Å². The number of carbonyl (C=O) groups excluding carboxylic acids is 1. The predicted octanol–water partition coefficient (Wildman–Crippen LogP) is 0.188. The van der Waals surface area contributed by atoms with Crippen molar-refractivity contribution in [3.8, 4) is 0 Å². The first kappa shape index (κ1) is 17.5. The summed E-state index contributed by atoms with van der Waals surface area (Å²) in [4.78, 5) is 37.4. The van der Waals surface area contributed by atoms with E-state index in [0.717, 1.165) is 10.3 Å². The third-order valence-corrected chi connectivity index (χ3v) is 3.99. The second-order valence-corrected chi connectivity index (χ2v) is 5.72. The summed E-state index contributed by atoms with van der Waals surface area (Å²) in [5, 5.41) is 2.82. The summed E-state index contributed by atoms with van der Waals surface area (Å²) in [7, 11) is 3.35. The van der Waals surface area contributed by atoms with Crippen LogP contribution in [0.25, 0.3) is 0 Å². The molecule has 1 unspecified atom stereocenters. The molecule has 2 rings (SSSR count). The van der Waals surface area contributed by atoms with Crippen LogP contribution in [0.5, 0.6) is 0 Å². The van der Waals surface area contributed by atoms with Gasteiger partial charge in [-0.1, -0.05) is 18.2 Å². The van der Waals surface area contributed by atoms with E-state index in [1.54, 1.807) is 0 Å². The summed E-state index contributed by atoms with van der Waals surface area (Å²) in [6, 6.07) is 11.2. The number of likely N-dealkylation sites (N-methyl/N-ethyl adjacent to an activating group) is 1. The molecule has 0 aliphatic rings. The van der Waals surface area contributed by atoms with E-state index in [1.807, 2.05) is 44.3 Å². The van der Waals surface area contributed by atoms with Crippen molar-refractivity contribution in [2.75, 3.05) is 18.5 Å². The maximum atomic E-state index is 12.0. The van der Waals surface area contributed by atoms with Crippen LogP contribution in [0.15, 0.2) is 52.2 Å². The molecule has 0 saturated heterocycles. The van der Waals surface area contributed by atoms with E-state index in [0.29, 0.717) is 6.54 Å². The fourth-order valence-electron chi connectivity index (χ4n) is 2.26. The van der Waals surface area contributed by atoms with Crippen molar-refractivity contribution >= 4 is 11.6 Å². The summed E-state index contributed by atoms with van der Waals surface area (Å²) in [5.74, 6) is -0.274. The lowest BCUT2D eigenvalue weighted by molar-refractivity contribution is -0.121. The number of hydrogen-bond donors (Lipinski definition) is 1. The Morgan fingerprint density at radius 1 is 1.21 bits per heavy atom. The Morgan fingerprint density at radius 3 is 2.54 bits per heavy atom. The minimum atomic E-state index is -0.507. The number of aromatic nitrogens is 2. The molecule has 0 radical (unpaired) electrons. The van der Waals surface area contributed by atoms with Gasteiger partial charge >= 0.3 is 5.69 Å². The zero-order valence-corrected chi connectivity index (χ0v) is 14.1. The van der Waals surface area contributed by atoms with Gasteiger partial charge in [0.05, 0.1) is 0 Å². The number of para-hydroxylation sites is 1. The maximum Gasteiger partial charge on any atom is 0.331 e. The smallest absolute Gasteiger partial charge is 0.331 e. The monoisotopic (exact) mass is 330 g/mol. The molecule has 0 spiro atoms. The Hall–Kier alpha value is -2.83. The molecule has 1 amide bonds. The molecule has 7 heteroatoms. The summed E-state index contributed by atoms with van der Waals surface area (Å²) in [6.07, 6.45) is 1.34. The topological polar surface area (TPSA) is 76.3 Å². The highest BCUT2D eigenvalue weighted by Crippen LogP contribution is 2.13. The van der Waals surface area contributed by atoms with E-state index in [-0.39, 0.29) is 18.5 Å². The quantitative estimate of drug-likeness (QED) is 0.820. The third-order valence-electron chi connectivity index (χ3n) is 3.99. The predicted molar refractivity (Wildman–Crippen MR) is 93.3 cm³/mol. The lowest BCUT2D eigenvalue weighted by atomic mass is 10.2. The highest BCUT2D eigenvalue weighted by atomic mass is 16.2. The Balaban J connectivity index is 1.93. The van der Waals surface area contributed by atoms with Gasteiger partial charge in [-0.15, -0.1) is 0 Å². The molecular weight excluding hydrogens is 308 g/mol. The average Bonchev–Trinajstić information content (AvgIpc) is 2.60. The van der Waals surface area contributed by atoms with Gasteiger partial charge in [-0.2, -0.15) is 0 Å². The summed E-state index contributed by atoms with van der Waals surface area (Å²) < 4.78 is 2.18. The van der Waals surface area contributed by atoms with Crippen LogP contribution in [0.2, 0.25) is 0 Å². The van der Waals surface area contributed by atoms with Gasteiger partial charge in [0.1, 0.15) is 6.54 Å². The molecular formula is C17H22N4O3. The van der Waals surface area contributed by atoms with Crippen molar-refractivity contribution in [3.63, 3.8) is 0 Å². The largest absolute Gasteiger partial charge is 0.370 e. The minimum Gasteiger partial charge on any atom is -0.370 e. The molecule has 0 aliphatic carbocycles. The molecule has 1 N–H and O–H groups in total. The van der Waals surface area contributed by atoms with Gasteiger partial charge in [-0.3, -0.25) is 18.7 Å². The number of hydrogen-bond acceptors (Lipinski definition) is 4. The standard InChI is InChI=1S/C17H22N4O3/c1-13(19(2)14-7-5-4-6-8-14)11-18-15(22)12-21-10-9-16(23)20(3)17(21)24/h4-10,13H,11-12H2,1-3H3,(H,18,22). The molecule has 24 heavy (non-hydrogen) atoms. The lowest BCUT2D eigenvalue weighted by Crippen LogP contribution is -2.43. The van der Waals surface area contributed by atoms with Crippen LogP contribution in [-0.4, -0.2) is 34.7 Å². The van der Waals surface area contributed by atoms with Crippen molar-refractivity contribution in [3.05, 3.63) is 63.4 Å². The zero-order chi connectivity index (χ0) is 17.7. The van der Waals surface area contributed by atoms with Crippen LogP contribution in [0.1, 0.15) is 6.92 Å². The Kier molecular flexibility index (Phi) is 5.57. The first-order chi connectivity index (χ1) is 11.4. The van der Waals surface area contributed by atoms with Gasteiger partial charge in [0.25, 0.3) is 5.56 Å². The molecule has 7 nitrogen and oxygen atoms in total. The van der Waals surface area contributed by atoms with Crippen LogP contribution in [0.4, 0.5) is 5.69 Å². The number of nitrogens with zero attached hydrogens (tertiary/aromatic N) is 3. The number of rotatable bonds is 6. The number of amides is 1. The molecule has 0 saturated carbocycles. The second kappa shape index (κ2) is 7.63. The second-order valence-electron chi connectivity index (χ2n) is 5.72. The van der Waals surface area contributed by atoms with Crippen LogP contribution in [0.3, 0.4) is 0 Å². The number of anilines is 1. The number of benzene rings is 1. The van der Waals surface area contributed by atoms with E-state index < -0.39 is 11.2 Å². The van der Waals surface area contributed by atoms with Crippen molar-refractivity contribution in [1.82, 2.24) is 14.5 Å². The Labute approximate surface area is 140 Å². The van der Waals surface area contributed by atoms with Crippen LogP contribution < -0.4 is 21.5 Å². The molecule has 1 aromatic heterocycles. The average molecular weight is 330 g/mol. The first-order valence-electron chi connectivity index (χ1n) is 7.71. The summed E-state index contributed by atoms with van der Waals surface area (Å²) >= 11 is 0. The molecule has 0 bridgehead atoms. The van der Waals surface area contributed by atoms with Gasteiger partial charge in [-0.25, -0.2) is 4.79 Å². The minimum absolute atomic E-state index is 0.0909. The normalized spacial score (nSPS) is 11.8. The highest BCUT2D eigenvalue weighted by molar-refractivity contribution is 5.75. The highest BCUT2D eigenvalue weighted by Gasteiger charge is 2.12. The van der Waals surface area contributed by atoms with E-state index in [4.69, 9.17) is 0 Å². The molecule has 1 atom stereocenters. The van der Waals surface area contributed by atoms with Crippen LogP contribution in [0, 0.1) is 0 Å². The Morgan fingerprint density at radius 2 is 1.88 bits per heavy atom. The van der Waals surface area contributed by atoms with E-state index in [1.165, 1.54) is 23.9 Å². The maximum absolute atomic E-state index is 12.0. The first-order valence-corrected chi connectivity index (χ1v) is 7.71. The summed E-state index contributed by atoms with van der Waals surface area (Å²) in [5.41, 5.74) is 0.162. The van der Waals surface area contributed by atoms with Crippen molar-refractivity contribution in [2.45, 2.75) is 19.5 Å². The van der Waals surface area contributed by atoms with Gasteiger partial charge in [0.15, 0.2) is 0 Å². The van der Waals surface area contributed by atoms with E-state index in [9.17, 15) is 14.4 Å². The fraction of sp³-hybridized carbons (Fsp3) is 0.353. The fourth-order valence-corrected chi connectivity index (χ4v) is 2.26. The molecule has 1 aromatic carbocycles. The van der Waals surface area contributed by atoms with E-state index >= 15 is 0 Å². The number of nitrogens with one attached hydrogen (secondary N) is 1. The number of carbonyl (C=O) groups is 1. The zero-order valence-electron chi connectivity index (χ0n) is 14.1. The Bertz CT molecular complexity index is 811. The molecule has 2 aromatic rings. The molecule has 1 heterocycles. The van der Waals surface area contributed by atoms with Crippen molar-refractivity contribution in [2.24, 2.45) is 7.05 Å². The van der Waals surface area contributed by atoms with Crippen LogP contribution >= 0.6 is 0 Å². The SMILES string of the molecule is CC(CNC(=O)Cn1ccc(=O)n(C)c1=O)N(C)c1ccccc1. The van der Waals surface area contributed by atoms with Gasteiger partial charge in [-0.05, 0) is 19.1 Å². The lowest BCUT2D eigenvalue weighted by Gasteiger charge is -2.27. The van der Waals surface area contributed by atoms with Crippen molar-refractivity contribution in [1.29, 1.82) is 0 Å². The molecule has 0 fully saturated rings. The molecule has 0 aliphatic heterocycles. The van der Waals surface area contributed by atoms with Crippen molar-refractivity contribution < 1.29 is 4.79 Å². The van der Waals surface area contributed by atoms with Crippen LogP contribution in [-0.2, 0) is 18.4 Å².